The molecular weight excluding hydrogens is 405 g/mol. The van der Waals surface area contributed by atoms with Crippen LogP contribution in [0.2, 0.25) is 0 Å². The largest absolute Gasteiger partial charge is 0.354 e. The SMILES string of the molecule is CCNC(=O)C1(NC(=O)c2sc(NC(=O)c3cccc(F)c3)cc2C)CCCCC1. The Morgan fingerprint density at radius 2 is 1.83 bits per heavy atom. The van der Waals surface area contributed by atoms with E-state index in [1.54, 1.807) is 13.0 Å². The maximum Gasteiger partial charge on any atom is 0.262 e. The van der Waals surface area contributed by atoms with E-state index in [1.165, 1.54) is 18.2 Å². The van der Waals surface area contributed by atoms with Crippen LogP contribution in [0.1, 0.15) is 64.6 Å². The minimum absolute atomic E-state index is 0.146. The van der Waals surface area contributed by atoms with E-state index in [2.05, 4.69) is 16.0 Å². The molecule has 1 aromatic heterocycles. The van der Waals surface area contributed by atoms with E-state index >= 15 is 0 Å². The van der Waals surface area contributed by atoms with Gasteiger partial charge in [-0.15, -0.1) is 11.3 Å². The van der Waals surface area contributed by atoms with Crippen LogP contribution in [0.5, 0.6) is 0 Å². The lowest BCUT2D eigenvalue weighted by Crippen LogP contribution is -2.59. The first-order valence-electron chi connectivity index (χ1n) is 10.1. The maximum absolute atomic E-state index is 13.4. The second-order valence-corrected chi connectivity index (χ2v) is 8.60. The third-order valence-corrected chi connectivity index (χ3v) is 6.43. The van der Waals surface area contributed by atoms with Crippen molar-refractivity contribution >= 4 is 34.1 Å². The van der Waals surface area contributed by atoms with Crippen molar-refractivity contribution in [2.75, 3.05) is 11.9 Å². The highest BCUT2D eigenvalue weighted by Crippen LogP contribution is 2.31. The highest BCUT2D eigenvalue weighted by molar-refractivity contribution is 7.18. The van der Waals surface area contributed by atoms with Crippen LogP contribution in [-0.4, -0.2) is 29.8 Å². The van der Waals surface area contributed by atoms with Gasteiger partial charge in [-0.3, -0.25) is 14.4 Å². The zero-order valence-electron chi connectivity index (χ0n) is 17.1. The number of aryl methyl sites for hydroxylation is 1. The van der Waals surface area contributed by atoms with Gasteiger partial charge >= 0.3 is 0 Å². The Morgan fingerprint density at radius 3 is 2.50 bits per heavy atom. The van der Waals surface area contributed by atoms with Crippen LogP contribution >= 0.6 is 11.3 Å². The summed E-state index contributed by atoms with van der Waals surface area (Å²) in [6.07, 6.45) is 4.03. The molecule has 1 saturated carbocycles. The van der Waals surface area contributed by atoms with Gasteiger partial charge in [0.1, 0.15) is 11.4 Å². The summed E-state index contributed by atoms with van der Waals surface area (Å²) >= 11 is 1.14. The molecule has 0 radical (unpaired) electrons. The van der Waals surface area contributed by atoms with Crippen molar-refractivity contribution in [1.82, 2.24) is 10.6 Å². The topological polar surface area (TPSA) is 87.3 Å². The summed E-state index contributed by atoms with van der Waals surface area (Å²) in [4.78, 5) is 38.5. The molecule has 8 heteroatoms. The minimum atomic E-state index is -0.896. The number of anilines is 1. The van der Waals surface area contributed by atoms with Crippen LogP contribution in [0.3, 0.4) is 0 Å². The molecule has 1 aliphatic carbocycles. The van der Waals surface area contributed by atoms with E-state index in [-0.39, 0.29) is 17.4 Å². The van der Waals surface area contributed by atoms with Crippen LogP contribution < -0.4 is 16.0 Å². The Hall–Kier alpha value is -2.74. The quantitative estimate of drug-likeness (QED) is 0.646. The fourth-order valence-corrected chi connectivity index (χ4v) is 4.71. The van der Waals surface area contributed by atoms with Gasteiger partial charge in [0, 0.05) is 12.1 Å². The molecule has 3 amide bonds. The van der Waals surface area contributed by atoms with E-state index in [1.807, 2.05) is 6.92 Å². The molecule has 0 saturated heterocycles. The second kappa shape index (κ2) is 9.38. The number of thiophene rings is 1. The van der Waals surface area contributed by atoms with Crippen molar-refractivity contribution in [2.24, 2.45) is 0 Å². The monoisotopic (exact) mass is 431 g/mol. The molecule has 160 valence electrons. The first-order valence-corrected chi connectivity index (χ1v) is 10.9. The molecule has 2 aromatic rings. The highest BCUT2D eigenvalue weighted by atomic mass is 32.1. The molecule has 0 atom stereocenters. The molecule has 0 unspecified atom stereocenters. The predicted octanol–water partition coefficient (Wildman–Crippen LogP) is 4.02. The second-order valence-electron chi connectivity index (χ2n) is 7.54. The molecule has 6 nitrogen and oxygen atoms in total. The Balaban J connectivity index is 1.75. The molecule has 1 aliphatic rings. The van der Waals surface area contributed by atoms with Crippen LogP contribution in [0.25, 0.3) is 0 Å². The van der Waals surface area contributed by atoms with E-state index < -0.39 is 17.3 Å². The number of hydrogen-bond acceptors (Lipinski definition) is 4. The van der Waals surface area contributed by atoms with Crippen LogP contribution in [-0.2, 0) is 4.79 Å². The molecule has 1 aromatic carbocycles. The number of rotatable bonds is 6. The van der Waals surface area contributed by atoms with Crippen molar-refractivity contribution in [2.45, 2.75) is 51.5 Å². The summed E-state index contributed by atoms with van der Waals surface area (Å²) in [7, 11) is 0. The Bertz CT molecular complexity index is 951. The maximum atomic E-state index is 13.4. The minimum Gasteiger partial charge on any atom is -0.354 e. The standard InChI is InChI=1S/C22H26FN3O3S/c1-3-24-21(29)22(10-5-4-6-11-22)26-20(28)18-14(2)12-17(30-18)25-19(27)15-8-7-9-16(23)13-15/h7-9,12-13H,3-6,10-11H2,1-2H3,(H,24,29)(H,25,27)(H,26,28). The van der Waals surface area contributed by atoms with E-state index in [9.17, 15) is 18.8 Å². The first-order chi connectivity index (χ1) is 14.3. The summed E-state index contributed by atoms with van der Waals surface area (Å²) in [5, 5.41) is 9.02. The van der Waals surface area contributed by atoms with Crippen molar-refractivity contribution < 1.29 is 18.8 Å². The summed E-state index contributed by atoms with van der Waals surface area (Å²) < 4.78 is 13.4. The fraction of sp³-hybridized carbons (Fsp3) is 0.409. The number of amides is 3. The lowest BCUT2D eigenvalue weighted by molar-refractivity contribution is -0.128. The number of halogens is 1. The Labute approximate surface area is 179 Å². The average molecular weight is 432 g/mol. The number of hydrogen-bond donors (Lipinski definition) is 3. The van der Waals surface area contributed by atoms with Crippen LogP contribution in [0.4, 0.5) is 9.39 Å². The zero-order valence-corrected chi connectivity index (χ0v) is 18.0. The Kier molecular flexibility index (Phi) is 6.87. The van der Waals surface area contributed by atoms with Gasteiger partial charge in [-0.25, -0.2) is 4.39 Å². The van der Waals surface area contributed by atoms with Gasteiger partial charge in [0.15, 0.2) is 0 Å². The summed E-state index contributed by atoms with van der Waals surface area (Å²) in [6, 6.07) is 7.11. The van der Waals surface area contributed by atoms with Crippen molar-refractivity contribution in [3.8, 4) is 0 Å². The predicted molar refractivity (Wildman–Crippen MR) is 115 cm³/mol. The molecule has 0 spiro atoms. The van der Waals surface area contributed by atoms with Crippen LogP contribution in [0.15, 0.2) is 30.3 Å². The van der Waals surface area contributed by atoms with Gasteiger partial charge in [0.05, 0.1) is 9.88 Å². The molecule has 30 heavy (non-hydrogen) atoms. The third-order valence-electron chi connectivity index (χ3n) is 5.28. The number of likely N-dealkylation sites (N-methyl/N-ethyl adjacent to an activating group) is 1. The zero-order chi connectivity index (χ0) is 21.7. The molecule has 1 fully saturated rings. The van der Waals surface area contributed by atoms with Crippen molar-refractivity contribution in [3.05, 3.63) is 52.2 Å². The number of nitrogens with one attached hydrogen (secondary N) is 3. The van der Waals surface area contributed by atoms with Crippen LogP contribution in [0, 0.1) is 12.7 Å². The van der Waals surface area contributed by atoms with E-state index in [0.717, 1.165) is 36.7 Å². The molecular formula is C22H26FN3O3S. The number of benzene rings is 1. The normalized spacial score (nSPS) is 15.3. The third kappa shape index (κ3) is 4.87. The van der Waals surface area contributed by atoms with Gasteiger partial charge in [0.2, 0.25) is 5.91 Å². The van der Waals surface area contributed by atoms with Gasteiger partial charge < -0.3 is 16.0 Å². The fourth-order valence-electron chi connectivity index (χ4n) is 3.75. The molecule has 0 aliphatic heterocycles. The molecule has 3 N–H and O–H groups in total. The van der Waals surface area contributed by atoms with Gasteiger partial charge in [-0.1, -0.05) is 25.3 Å². The Morgan fingerprint density at radius 1 is 1.10 bits per heavy atom. The van der Waals surface area contributed by atoms with Gasteiger partial charge in [-0.2, -0.15) is 0 Å². The van der Waals surface area contributed by atoms with Gasteiger partial charge in [0.25, 0.3) is 11.8 Å². The van der Waals surface area contributed by atoms with Crippen molar-refractivity contribution in [1.29, 1.82) is 0 Å². The lowest BCUT2D eigenvalue weighted by Gasteiger charge is -2.36. The van der Waals surface area contributed by atoms with E-state index in [0.29, 0.717) is 34.8 Å². The smallest absolute Gasteiger partial charge is 0.262 e. The summed E-state index contributed by atoms with van der Waals surface area (Å²) in [5.41, 5.74) is 0.00517. The summed E-state index contributed by atoms with van der Waals surface area (Å²) in [6.45, 7) is 4.14. The van der Waals surface area contributed by atoms with E-state index in [4.69, 9.17) is 0 Å². The van der Waals surface area contributed by atoms with Gasteiger partial charge in [-0.05, 0) is 56.5 Å². The average Bonchev–Trinajstić information content (AvgIpc) is 3.09. The number of carbonyl (C=O) groups excluding carboxylic acids is 3. The summed E-state index contributed by atoms with van der Waals surface area (Å²) in [5.74, 6) is -1.41. The molecule has 1 heterocycles. The molecule has 3 rings (SSSR count). The highest BCUT2D eigenvalue weighted by Gasteiger charge is 2.41. The first kappa shape index (κ1) is 22.0. The number of carbonyl (C=O) groups is 3. The van der Waals surface area contributed by atoms with Crippen molar-refractivity contribution in [3.63, 3.8) is 0 Å². The lowest BCUT2D eigenvalue weighted by atomic mass is 9.80. The molecule has 0 bridgehead atoms.